The van der Waals surface area contributed by atoms with E-state index >= 15 is 0 Å². The number of benzene rings is 12. The van der Waals surface area contributed by atoms with Crippen molar-refractivity contribution in [3.8, 4) is 55.6 Å². The van der Waals surface area contributed by atoms with Crippen LogP contribution in [0, 0.1) is 0 Å². The molecule has 0 fully saturated rings. The first-order valence-electron chi connectivity index (χ1n) is 26.2. The van der Waals surface area contributed by atoms with E-state index in [-0.39, 0.29) is 6.71 Å². The second-order valence-corrected chi connectivity index (χ2v) is 19.7. The van der Waals surface area contributed by atoms with Crippen molar-refractivity contribution in [3.63, 3.8) is 0 Å². The van der Waals surface area contributed by atoms with Crippen molar-refractivity contribution < 1.29 is 0 Å². The molecule has 0 radical (unpaired) electrons. The molecule has 2 aliphatic rings. The molecule has 0 bridgehead atoms. The summed E-state index contributed by atoms with van der Waals surface area (Å²) < 4.78 is 0. The summed E-state index contributed by atoms with van der Waals surface area (Å²) in [6.45, 7) is -0.115. The van der Waals surface area contributed by atoms with E-state index < -0.39 is 0 Å². The normalized spacial score (nSPS) is 12.1. The highest BCUT2D eigenvalue weighted by molar-refractivity contribution is 7.00. The maximum Gasteiger partial charge on any atom is 0.252 e. The zero-order valence-corrected chi connectivity index (χ0v) is 41.8. The maximum atomic E-state index is 2.58. The Labute approximate surface area is 445 Å². The van der Waals surface area contributed by atoms with Crippen LogP contribution in [-0.2, 0) is 0 Å². The average Bonchev–Trinajstić information content (AvgIpc) is 3.69. The Morgan fingerprint density at radius 1 is 0.224 bits per heavy atom. The van der Waals surface area contributed by atoms with Crippen molar-refractivity contribution in [1.82, 2.24) is 0 Å². The summed E-state index contributed by atoms with van der Waals surface area (Å²) in [5, 5.41) is 0. The summed E-state index contributed by atoms with van der Waals surface area (Å²) in [4.78, 5) is 7.52. The van der Waals surface area contributed by atoms with Crippen molar-refractivity contribution >= 4 is 74.3 Å². The van der Waals surface area contributed by atoms with E-state index in [4.69, 9.17) is 0 Å². The first-order valence-corrected chi connectivity index (χ1v) is 26.2. The molecule has 0 unspecified atom stereocenters. The van der Waals surface area contributed by atoms with Gasteiger partial charge in [0.2, 0.25) is 0 Å². The largest absolute Gasteiger partial charge is 0.311 e. The van der Waals surface area contributed by atoms with Gasteiger partial charge in [0.1, 0.15) is 0 Å². The minimum atomic E-state index is -0.115. The Kier molecular flexibility index (Phi) is 11.3. The zero-order chi connectivity index (χ0) is 50.4. The van der Waals surface area contributed by atoms with E-state index in [1.165, 1.54) is 38.6 Å². The Morgan fingerprint density at radius 3 is 1.07 bits per heavy atom. The lowest BCUT2D eigenvalue weighted by atomic mass is 9.33. The summed E-state index contributed by atoms with van der Waals surface area (Å²) in [7, 11) is 0. The van der Waals surface area contributed by atoms with Crippen molar-refractivity contribution in [2.45, 2.75) is 0 Å². The topological polar surface area (TPSA) is 9.72 Å². The molecule has 0 aliphatic carbocycles. The minimum Gasteiger partial charge on any atom is -0.311 e. The molecule has 0 spiro atoms. The van der Waals surface area contributed by atoms with Crippen LogP contribution in [0.3, 0.4) is 0 Å². The zero-order valence-electron chi connectivity index (χ0n) is 41.8. The van der Waals surface area contributed by atoms with E-state index in [0.29, 0.717) is 0 Å². The molecular formula is C72H50BN3. The Morgan fingerprint density at radius 2 is 0.579 bits per heavy atom. The first kappa shape index (κ1) is 44.8. The molecule has 0 aromatic heterocycles. The van der Waals surface area contributed by atoms with Crippen molar-refractivity contribution in [3.05, 3.63) is 303 Å². The van der Waals surface area contributed by atoms with Gasteiger partial charge in [-0.2, -0.15) is 0 Å². The highest BCUT2D eigenvalue weighted by Gasteiger charge is 2.44. The molecule has 0 saturated carbocycles. The third-order valence-corrected chi connectivity index (χ3v) is 15.2. The molecule has 12 aromatic rings. The second kappa shape index (κ2) is 19.2. The smallest absolute Gasteiger partial charge is 0.252 e. The lowest BCUT2D eigenvalue weighted by Crippen LogP contribution is -2.61. The number of fused-ring (bicyclic) bond motifs is 4. The van der Waals surface area contributed by atoms with Crippen LogP contribution in [0.2, 0.25) is 0 Å². The molecule has 0 atom stereocenters. The fourth-order valence-corrected chi connectivity index (χ4v) is 11.7. The summed E-state index contributed by atoms with van der Waals surface area (Å²) in [6, 6.07) is 111. The minimum absolute atomic E-state index is 0.115. The van der Waals surface area contributed by atoms with E-state index in [9.17, 15) is 0 Å². The van der Waals surface area contributed by atoms with Crippen LogP contribution in [0.1, 0.15) is 0 Å². The van der Waals surface area contributed by atoms with Gasteiger partial charge in [-0.05, 0) is 157 Å². The summed E-state index contributed by atoms with van der Waals surface area (Å²) in [6.07, 6.45) is 0. The molecule has 14 rings (SSSR count). The summed E-state index contributed by atoms with van der Waals surface area (Å²) in [5.74, 6) is 0. The van der Waals surface area contributed by atoms with Gasteiger partial charge in [-0.25, -0.2) is 0 Å². The van der Waals surface area contributed by atoms with E-state index in [1.807, 2.05) is 0 Å². The third kappa shape index (κ3) is 8.05. The Hall–Kier alpha value is -9.90. The maximum absolute atomic E-state index is 2.58. The van der Waals surface area contributed by atoms with E-state index in [2.05, 4.69) is 318 Å². The number of hydrogen-bond donors (Lipinski definition) is 0. The molecule has 2 heterocycles. The number of anilines is 9. The molecule has 2 aliphatic heterocycles. The quantitative estimate of drug-likeness (QED) is 0.126. The van der Waals surface area contributed by atoms with Crippen molar-refractivity contribution in [1.29, 1.82) is 0 Å². The molecular weight excluding hydrogens is 918 g/mol. The van der Waals surface area contributed by atoms with E-state index in [0.717, 1.165) is 84.6 Å². The second-order valence-electron chi connectivity index (χ2n) is 19.7. The average molecular weight is 968 g/mol. The number of hydrogen-bond acceptors (Lipinski definition) is 3. The first-order chi connectivity index (χ1) is 37.7. The van der Waals surface area contributed by atoms with Gasteiger partial charge in [-0.1, -0.05) is 218 Å². The van der Waals surface area contributed by atoms with Crippen LogP contribution in [0.25, 0.3) is 55.6 Å². The van der Waals surface area contributed by atoms with Gasteiger partial charge in [0.05, 0.1) is 0 Å². The predicted molar refractivity (Wildman–Crippen MR) is 322 cm³/mol. The molecule has 12 aromatic carbocycles. The SMILES string of the molecule is c1ccc(-c2cccc(N3c4cc(-c5ccccc5)ccc4B4c5ccc(N(c6ccccc6)c6ccccc6)cc5N(c5cc(-c6ccccc6)cc(-c6ccccc6)c5)c5cc(-c6ccccc6)cc3c54)c2)cc1. The molecule has 0 saturated heterocycles. The Balaban J connectivity index is 1.10. The van der Waals surface area contributed by atoms with Crippen LogP contribution in [0.4, 0.5) is 51.2 Å². The molecule has 76 heavy (non-hydrogen) atoms. The summed E-state index contributed by atoms with van der Waals surface area (Å²) in [5.41, 5.74) is 25.4. The molecule has 0 N–H and O–H groups in total. The lowest BCUT2D eigenvalue weighted by molar-refractivity contribution is 1.24. The third-order valence-electron chi connectivity index (χ3n) is 15.2. The predicted octanol–water partition coefficient (Wildman–Crippen LogP) is 17.6. The Bertz CT molecular complexity index is 3940. The number of nitrogens with zero attached hydrogens (tertiary/aromatic N) is 3. The van der Waals surface area contributed by atoms with Gasteiger partial charge < -0.3 is 14.7 Å². The molecule has 3 nitrogen and oxygen atoms in total. The highest BCUT2D eigenvalue weighted by atomic mass is 15.2. The van der Waals surface area contributed by atoms with Gasteiger partial charge >= 0.3 is 0 Å². The van der Waals surface area contributed by atoms with Gasteiger partial charge in [-0.15, -0.1) is 0 Å². The molecule has 356 valence electrons. The van der Waals surface area contributed by atoms with Crippen LogP contribution in [0.15, 0.2) is 303 Å². The highest BCUT2D eigenvalue weighted by Crippen LogP contribution is 2.49. The number of rotatable bonds is 10. The van der Waals surface area contributed by atoms with Crippen LogP contribution in [0.5, 0.6) is 0 Å². The fourth-order valence-electron chi connectivity index (χ4n) is 11.7. The monoisotopic (exact) mass is 967 g/mol. The van der Waals surface area contributed by atoms with Crippen LogP contribution < -0.4 is 31.1 Å². The number of para-hydroxylation sites is 2. The van der Waals surface area contributed by atoms with Crippen molar-refractivity contribution in [2.75, 3.05) is 14.7 Å². The van der Waals surface area contributed by atoms with Gasteiger partial charge in [0, 0.05) is 51.2 Å². The fraction of sp³-hybridized carbons (Fsp3) is 0. The van der Waals surface area contributed by atoms with Crippen LogP contribution in [-0.4, -0.2) is 6.71 Å². The van der Waals surface area contributed by atoms with Crippen LogP contribution >= 0.6 is 0 Å². The van der Waals surface area contributed by atoms with Gasteiger partial charge in [-0.3, -0.25) is 0 Å². The van der Waals surface area contributed by atoms with Gasteiger partial charge in [0.15, 0.2) is 0 Å². The van der Waals surface area contributed by atoms with Gasteiger partial charge in [0.25, 0.3) is 6.71 Å². The van der Waals surface area contributed by atoms with E-state index in [1.54, 1.807) is 0 Å². The standard InChI is InChI=1S/C72H50BN3/c1-8-23-51(24-9-1)56-33-22-38-63(44-56)75-68-47-57(52-25-10-2-11-26-52)39-41-66(68)73-67-42-40-64(74(61-34-18-6-19-35-61)62-36-20-7-21-37-62)50-69(67)76(71-49-60(48-70(75)72(71)73)55-31-16-5-17-32-55)65-45-58(53-27-12-3-13-28-53)43-59(46-65)54-29-14-4-15-30-54/h1-50H. The molecule has 4 heteroatoms. The summed E-state index contributed by atoms with van der Waals surface area (Å²) >= 11 is 0. The molecule has 0 amide bonds. The lowest BCUT2D eigenvalue weighted by Gasteiger charge is -2.45. The van der Waals surface area contributed by atoms with Crippen molar-refractivity contribution in [2.24, 2.45) is 0 Å².